The molecule has 3 aromatic rings. The van der Waals surface area contributed by atoms with Crippen molar-refractivity contribution in [3.63, 3.8) is 0 Å². The molecule has 0 bridgehead atoms. The second kappa shape index (κ2) is 5.89. The van der Waals surface area contributed by atoms with Crippen LogP contribution in [-0.4, -0.2) is 14.8 Å². The first-order valence-electron chi connectivity index (χ1n) is 6.46. The van der Waals surface area contributed by atoms with Gasteiger partial charge in [-0.1, -0.05) is 54.1 Å². The Morgan fingerprint density at radius 3 is 2.43 bits per heavy atom. The Balaban J connectivity index is 1.95. The third-order valence-corrected chi connectivity index (χ3v) is 3.30. The lowest BCUT2D eigenvalue weighted by atomic mass is 10.2. The maximum absolute atomic E-state index is 11.9. The van der Waals surface area contributed by atoms with Crippen LogP contribution < -0.4 is 5.56 Å². The molecule has 0 aliphatic carbocycles. The third kappa shape index (κ3) is 3.17. The molecule has 0 radical (unpaired) electrons. The maximum Gasteiger partial charge on any atom is 0.285 e. The first-order valence-corrected chi connectivity index (χ1v) is 6.84. The van der Waals surface area contributed by atoms with Gasteiger partial charge in [0.2, 0.25) is 0 Å². The minimum absolute atomic E-state index is 0.232. The smallest absolute Gasteiger partial charge is 0.266 e. The summed E-state index contributed by atoms with van der Waals surface area (Å²) in [7, 11) is 0. The van der Waals surface area contributed by atoms with Gasteiger partial charge in [-0.15, -0.1) is 5.10 Å². The lowest BCUT2D eigenvalue weighted by Gasteiger charge is -2.06. The summed E-state index contributed by atoms with van der Waals surface area (Å²) < 4.78 is 1.40. The zero-order chi connectivity index (χ0) is 14.7. The number of hydrogen-bond acceptors (Lipinski definition) is 3. The highest BCUT2D eigenvalue weighted by molar-refractivity contribution is 6.30. The maximum atomic E-state index is 11.9. The van der Waals surface area contributed by atoms with E-state index in [1.54, 1.807) is 12.1 Å². The fraction of sp³-hybridized carbons (Fsp3) is 0.0625. The van der Waals surface area contributed by atoms with Crippen molar-refractivity contribution >= 4 is 11.6 Å². The summed E-state index contributed by atoms with van der Waals surface area (Å²) in [5.74, 6) is 0.532. The van der Waals surface area contributed by atoms with E-state index in [9.17, 15) is 4.79 Å². The van der Waals surface area contributed by atoms with Crippen molar-refractivity contribution in [3.8, 4) is 11.4 Å². The quantitative estimate of drug-likeness (QED) is 0.746. The zero-order valence-corrected chi connectivity index (χ0v) is 11.9. The van der Waals surface area contributed by atoms with Crippen LogP contribution in [0.4, 0.5) is 0 Å². The zero-order valence-electron chi connectivity index (χ0n) is 11.1. The molecule has 0 fully saturated rings. The van der Waals surface area contributed by atoms with Gasteiger partial charge in [0.05, 0.1) is 12.7 Å². The molecule has 4 nitrogen and oxygen atoms in total. The molecule has 0 aliphatic heterocycles. The van der Waals surface area contributed by atoms with Crippen molar-refractivity contribution in [1.29, 1.82) is 0 Å². The van der Waals surface area contributed by atoms with Crippen LogP contribution in [0.15, 0.2) is 65.6 Å². The SMILES string of the molecule is O=c1cnc(-c2ccccc2)nn1Cc1ccc(Cl)cc1. The summed E-state index contributed by atoms with van der Waals surface area (Å²) in [6.45, 7) is 0.387. The molecular formula is C16H12ClN3O. The first-order chi connectivity index (χ1) is 10.2. The van der Waals surface area contributed by atoms with Gasteiger partial charge in [-0.05, 0) is 17.7 Å². The molecule has 0 aliphatic rings. The third-order valence-electron chi connectivity index (χ3n) is 3.04. The van der Waals surface area contributed by atoms with E-state index in [-0.39, 0.29) is 5.56 Å². The van der Waals surface area contributed by atoms with E-state index in [0.29, 0.717) is 17.4 Å². The summed E-state index contributed by atoms with van der Waals surface area (Å²) in [6.07, 6.45) is 1.30. The van der Waals surface area contributed by atoms with Gasteiger partial charge in [0.15, 0.2) is 5.82 Å². The normalized spacial score (nSPS) is 10.5. The Morgan fingerprint density at radius 1 is 1.00 bits per heavy atom. The second-order valence-electron chi connectivity index (χ2n) is 4.57. The molecule has 5 heteroatoms. The number of halogens is 1. The number of hydrogen-bond donors (Lipinski definition) is 0. The molecule has 1 heterocycles. The molecule has 21 heavy (non-hydrogen) atoms. The van der Waals surface area contributed by atoms with E-state index < -0.39 is 0 Å². The predicted octanol–water partition coefficient (Wildman–Crippen LogP) is 3.01. The van der Waals surface area contributed by atoms with E-state index in [1.165, 1.54) is 10.9 Å². The van der Waals surface area contributed by atoms with Gasteiger partial charge >= 0.3 is 0 Å². The van der Waals surface area contributed by atoms with Crippen LogP contribution in [-0.2, 0) is 6.54 Å². The Labute approximate surface area is 126 Å². The van der Waals surface area contributed by atoms with Crippen molar-refractivity contribution in [2.75, 3.05) is 0 Å². The fourth-order valence-corrected chi connectivity index (χ4v) is 2.09. The van der Waals surface area contributed by atoms with Gasteiger partial charge in [0.1, 0.15) is 0 Å². The second-order valence-corrected chi connectivity index (χ2v) is 5.01. The molecule has 0 spiro atoms. The summed E-state index contributed by atoms with van der Waals surface area (Å²) in [4.78, 5) is 16.0. The molecule has 0 unspecified atom stereocenters. The summed E-state index contributed by atoms with van der Waals surface area (Å²) in [6, 6.07) is 16.9. The lowest BCUT2D eigenvalue weighted by Crippen LogP contribution is -2.24. The summed E-state index contributed by atoms with van der Waals surface area (Å²) in [5, 5.41) is 4.99. The van der Waals surface area contributed by atoms with Gasteiger partial charge in [0, 0.05) is 10.6 Å². The largest absolute Gasteiger partial charge is 0.285 e. The Kier molecular flexibility index (Phi) is 3.79. The number of nitrogens with zero attached hydrogens (tertiary/aromatic N) is 3. The van der Waals surface area contributed by atoms with Crippen molar-refractivity contribution in [3.05, 3.63) is 81.7 Å². The van der Waals surface area contributed by atoms with Crippen LogP contribution in [0.5, 0.6) is 0 Å². The van der Waals surface area contributed by atoms with Crippen LogP contribution in [0.3, 0.4) is 0 Å². The summed E-state index contributed by atoms with van der Waals surface area (Å²) >= 11 is 5.86. The molecule has 0 saturated heterocycles. The number of rotatable bonds is 3. The van der Waals surface area contributed by atoms with Crippen molar-refractivity contribution in [1.82, 2.24) is 14.8 Å². The van der Waals surface area contributed by atoms with Crippen molar-refractivity contribution in [2.45, 2.75) is 6.54 Å². The topological polar surface area (TPSA) is 47.8 Å². The van der Waals surface area contributed by atoms with E-state index >= 15 is 0 Å². The van der Waals surface area contributed by atoms with Gasteiger partial charge in [-0.2, -0.15) is 0 Å². The molecular weight excluding hydrogens is 286 g/mol. The predicted molar refractivity (Wildman–Crippen MR) is 82.3 cm³/mol. The molecule has 0 N–H and O–H groups in total. The van der Waals surface area contributed by atoms with E-state index in [0.717, 1.165) is 11.1 Å². The molecule has 2 aromatic carbocycles. The summed E-state index contributed by atoms with van der Waals surface area (Å²) in [5.41, 5.74) is 1.60. The van der Waals surface area contributed by atoms with Gasteiger partial charge in [-0.25, -0.2) is 9.67 Å². The van der Waals surface area contributed by atoms with Crippen LogP contribution in [0.1, 0.15) is 5.56 Å². The Morgan fingerprint density at radius 2 is 1.71 bits per heavy atom. The van der Waals surface area contributed by atoms with Crippen LogP contribution in [0, 0.1) is 0 Å². The average Bonchev–Trinajstić information content (AvgIpc) is 2.52. The molecule has 0 atom stereocenters. The lowest BCUT2D eigenvalue weighted by molar-refractivity contribution is 0.630. The molecule has 0 saturated carbocycles. The number of aromatic nitrogens is 3. The standard InChI is InChI=1S/C16H12ClN3O/c17-14-8-6-12(7-9-14)11-20-15(21)10-18-16(19-20)13-4-2-1-3-5-13/h1-10H,11H2. The molecule has 3 rings (SSSR count). The van der Waals surface area contributed by atoms with Crippen molar-refractivity contribution in [2.24, 2.45) is 0 Å². The molecule has 1 aromatic heterocycles. The van der Waals surface area contributed by atoms with Gasteiger partial charge in [0.25, 0.3) is 5.56 Å². The van der Waals surface area contributed by atoms with Gasteiger partial charge in [-0.3, -0.25) is 4.79 Å². The first kappa shape index (κ1) is 13.5. The number of benzene rings is 2. The van der Waals surface area contributed by atoms with Crippen LogP contribution in [0.25, 0.3) is 11.4 Å². The highest BCUT2D eigenvalue weighted by Gasteiger charge is 2.05. The van der Waals surface area contributed by atoms with E-state index in [2.05, 4.69) is 10.1 Å². The minimum atomic E-state index is -0.232. The Hall–Kier alpha value is -2.46. The van der Waals surface area contributed by atoms with Crippen LogP contribution >= 0.6 is 11.6 Å². The fourth-order valence-electron chi connectivity index (χ4n) is 1.97. The van der Waals surface area contributed by atoms with E-state index in [4.69, 9.17) is 11.6 Å². The van der Waals surface area contributed by atoms with Crippen LogP contribution in [0.2, 0.25) is 5.02 Å². The molecule has 0 amide bonds. The minimum Gasteiger partial charge on any atom is -0.266 e. The monoisotopic (exact) mass is 297 g/mol. The Bertz CT molecular complexity index is 798. The highest BCUT2D eigenvalue weighted by atomic mass is 35.5. The van der Waals surface area contributed by atoms with Crippen molar-refractivity contribution < 1.29 is 0 Å². The molecule has 104 valence electrons. The highest BCUT2D eigenvalue weighted by Crippen LogP contribution is 2.13. The van der Waals surface area contributed by atoms with Gasteiger partial charge < -0.3 is 0 Å². The van der Waals surface area contributed by atoms with E-state index in [1.807, 2.05) is 42.5 Å². The average molecular weight is 298 g/mol.